The third-order valence-corrected chi connectivity index (χ3v) is 4.30. The first-order valence-electron chi connectivity index (χ1n) is 7.72. The van der Waals surface area contributed by atoms with Crippen LogP contribution in [0.2, 0.25) is 0 Å². The minimum atomic E-state index is 0.610. The number of para-hydroxylation sites is 1. The smallest absolute Gasteiger partial charge is 0.0366 e. The molecule has 3 heteroatoms. The van der Waals surface area contributed by atoms with Gasteiger partial charge >= 0.3 is 0 Å². The fourth-order valence-corrected chi connectivity index (χ4v) is 3.10. The molecular weight excluding hydrogens is 258 g/mol. The van der Waals surface area contributed by atoms with E-state index in [0.717, 1.165) is 13.1 Å². The van der Waals surface area contributed by atoms with Crippen LogP contribution in [-0.2, 0) is 6.54 Å². The molecule has 1 saturated heterocycles. The van der Waals surface area contributed by atoms with Gasteiger partial charge in [-0.2, -0.15) is 0 Å². The van der Waals surface area contributed by atoms with Crippen LogP contribution in [0.5, 0.6) is 0 Å². The second-order valence-corrected chi connectivity index (χ2v) is 5.85. The lowest BCUT2D eigenvalue weighted by molar-refractivity contribution is 0.207. The summed E-state index contributed by atoms with van der Waals surface area (Å²) in [5.41, 5.74) is 2.63. The highest BCUT2D eigenvalue weighted by molar-refractivity contribution is 5.46. The maximum Gasteiger partial charge on any atom is 0.0366 e. The van der Waals surface area contributed by atoms with Crippen molar-refractivity contribution in [2.75, 3.05) is 25.0 Å². The number of hydrogen-bond acceptors (Lipinski definition) is 3. The lowest BCUT2D eigenvalue weighted by Crippen LogP contribution is -2.46. The highest BCUT2D eigenvalue weighted by Gasteiger charge is 2.23. The molecule has 0 radical (unpaired) electrons. The molecule has 1 aliphatic rings. The van der Waals surface area contributed by atoms with Gasteiger partial charge in [-0.3, -0.25) is 9.88 Å². The first-order valence-corrected chi connectivity index (χ1v) is 7.72. The van der Waals surface area contributed by atoms with Gasteiger partial charge in [0.15, 0.2) is 0 Å². The fraction of sp³-hybridized carbons (Fsp3) is 0.389. The third kappa shape index (κ3) is 3.61. The normalized spacial score (nSPS) is 19.0. The Hall–Kier alpha value is -1.87. The van der Waals surface area contributed by atoms with Crippen molar-refractivity contribution in [3.05, 3.63) is 60.4 Å². The van der Waals surface area contributed by atoms with Gasteiger partial charge in [0.05, 0.1) is 0 Å². The summed E-state index contributed by atoms with van der Waals surface area (Å²) >= 11 is 0. The van der Waals surface area contributed by atoms with E-state index >= 15 is 0 Å². The van der Waals surface area contributed by atoms with Crippen LogP contribution in [0.1, 0.15) is 18.4 Å². The van der Waals surface area contributed by atoms with Gasteiger partial charge in [0.25, 0.3) is 0 Å². The Bertz CT molecular complexity index is 541. The van der Waals surface area contributed by atoms with Crippen molar-refractivity contribution in [2.24, 2.45) is 0 Å². The molecule has 2 heterocycles. The number of anilines is 1. The molecule has 0 bridgehead atoms. The van der Waals surface area contributed by atoms with Crippen LogP contribution in [0, 0.1) is 0 Å². The van der Waals surface area contributed by atoms with Gasteiger partial charge in [-0.1, -0.05) is 24.3 Å². The maximum absolute atomic E-state index is 4.21. The fourth-order valence-electron chi connectivity index (χ4n) is 3.10. The van der Waals surface area contributed by atoms with Crippen LogP contribution < -0.4 is 4.90 Å². The number of hydrogen-bond donors (Lipinski definition) is 0. The first-order chi connectivity index (χ1) is 10.3. The van der Waals surface area contributed by atoms with Crippen molar-refractivity contribution in [1.29, 1.82) is 0 Å². The molecule has 0 unspecified atom stereocenters. The molecule has 0 spiro atoms. The van der Waals surface area contributed by atoms with E-state index in [4.69, 9.17) is 0 Å². The molecule has 1 aromatic heterocycles. The van der Waals surface area contributed by atoms with Crippen molar-refractivity contribution in [1.82, 2.24) is 9.88 Å². The second kappa shape index (κ2) is 6.72. The molecule has 0 saturated carbocycles. The van der Waals surface area contributed by atoms with Gasteiger partial charge in [-0.05, 0) is 43.7 Å². The highest BCUT2D eigenvalue weighted by Crippen LogP contribution is 2.22. The molecule has 0 amide bonds. The summed E-state index contributed by atoms with van der Waals surface area (Å²) in [7, 11) is 2.23. The molecule has 2 aromatic rings. The Morgan fingerprint density at radius 1 is 1.19 bits per heavy atom. The minimum Gasteiger partial charge on any atom is -0.370 e. The van der Waals surface area contributed by atoms with Gasteiger partial charge in [0, 0.05) is 43.8 Å². The van der Waals surface area contributed by atoms with E-state index in [2.05, 4.69) is 58.2 Å². The molecule has 3 rings (SSSR count). The standard InChI is InChI=1S/C18H23N3/c1-20(14-16-7-5-11-19-13-16)18-10-6-12-21(15-18)17-8-3-2-4-9-17/h2-5,7-9,11,13,18H,6,10,12,14-15H2,1H3/t18-/m1/s1. The quantitative estimate of drug-likeness (QED) is 0.858. The third-order valence-electron chi connectivity index (χ3n) is 4.30. The largest absolute Gasteiger partial charge is 0.370 e. The number of likely N-dealkylation sites (N-methyl/N-ethyl adjacent to an activating group) is 1. The molecule has 3 nitrogen and oxygen atoms in total. The van der Waals surface area contributed by atoms with Crippen LogP contribution in [-0.4, -0.2) is 36.1 Å². The van der Waals surface area contributed by atoms with Crippen LogP contribution in [0.3, 0.4) is 0 Å². The Balaban J connectivity index is 1.63. The van der Waals surface area contributed by atoms with Crippen molar-refractivity contribution in [2.45, 2.75) is 25.4 Å². The minimum absolute atomic E-state index is 0.610. The SMILES string of the molecule is CN(Cc1cccnc1)[C@@H]1CCCN(c2ccccc2)C1. The molecule has 1 atom stereocenters. The molecule has 21 heavy (non-hydrogen) atoms. The average molecular weight is 281 g/mol. The van der Waals surface area contributed by atoms with E-state index in [1.807, 2.05) is 18.5 Å². The Morgan fingerprint density at radius 3 is 2.81 bits per heavy atom. The predicted octanol–water partition coefficient (Wildman–Crippen LogP) is 3.18. The van der Waals surface area contributed by atoms with E-state index in [1.165, 1.54) is 30.6 Å². The number of rotatable bonds is 4. The van der Waals surface area contributed by atoms with Crippen molar-refractivity contribution in [3.63, 3.8) is 0 Å². The van der Waals surface area contributed by atoms with Crippen LogP contribution in [0.15, 0.2) is 54.9 Å². The summed E-state index contributed by atoms with van der Waals surface area (Å²) in [5.74, 6) is 0. The summed E-state index contributed by atoms with van der Waals surface area (Å²) in [6.45, 7) is 3.25. The van der Waals surface area contributed by atoms with Crippen molar-refractivity contribution >= 4 is 5.69 Å². The highest BCUT2D eigenvalue weighted by atomic mass is 15.2. The molecule has 110 valence electrons. The van der Waals surface area contributed by atoms with Gasteiger partial charge in [-0.15, -0.1) is 0 Å². The first kappa shape index (κ1) is 14.1. The molecule has 0 aliphatic carbocycles. The summed E-state index contributed by atoms with van der Waals surface area (Å²) in [6.07, 6.45) is 6.34. The number of aromatic nitrogens is 1. The second-order valence-electron chi connectivity index (χ2n) is 5.85. The monoisotopic (exact) mass is 281 g/mol. The Morgan fingerprint density at radius 2 is 2.05 bits per heavy atom. The van der Waals surface area contributed by atoms with Crippen LogP contribution in [0.25, 0.3) is 0 Å². The molecule has 1 aliphatic heterocycles. The molecule has 1 fully saturated rings. The number of nitrogens with zero attached hydrogens (tertiary/aromatic N) is 3. The zero-order valence-electron chi connectivity index (χ0n) is 12.7. The summed E-state index contributed by atoms with van der Waals surface area (Å²) in [5, 5.41) is 0. The number of benzene rings is 1. The summed E-state index contributed by atoms with van der Waals surface area (Å²) < 4.78 is 0. The topological polar surface area (TPSA) is 19.4 Å². The summed E-state index contributed by atoms with van der Waals surface area (Å²) in [6, 6.07) is 15.5. The Kier molecular flexibility index (Phi) is 4.51. The van der Waals surface area contributed by atoms with E-state index in [0.29, 0.717) is 6.04 Å². The van der Waals surface area contributed by atoms with Gasteiger partial charge in [0.1, 0.15) is 0 Å². The van der Waals surface area contributed by atoms with E-state index < -0.39 is 0 Å². The number of piperidine rings is 1. The van der Waals surface area contributed by atoms with E-state index in [-0.39, 0.29) is 0 Å². The van der Waals surface area contributed by atoms with Crippen LogP contribution >= 0.6 is 0 Å². The Labute approximate surface area is 127 Å². The van der Waals surface area contributed by atoms with Gasteiger partial charge < -0.3 is 4.90 Å². The summed E-state index contributed by atoms with van der Waals surface area (Å²) in [4.78, 5) is 9.18. The lowest BCUT2D eigenvalue weighted by atomic mass is 10.0. The van der Waals surface area contributed by atoms with Crippen LogP contribution in [0.4, 0.5) is 5.69 Å². The number of pyridine rings is 1. The van der Waals surface area contributed by atoms with Crippen molar-refractivity contribution < 1.29 is 0 Å². The van der Waals surface area contributed by atoms with E-state index in [1.54, 1.807) is 0 Å². The molecular formula is C18H23N3. The van der Waals surface area contributed by atoms with Gasteiger partial charge in [-0.25, -0.2) is 0 Å². The van der Waals surface area contributed by atoms with Crippen molar-refractivity contribution in [3.8, 4) is 0 Å². The molecule has 0 N–H and O–H groups in total. The predicted molar refractivity (Wildman–Crippen MR) is 87.4 cm³/mol. The zero-order chi connectivity index (χ0) is 14.5. The van der Waals surface area contributed by atoms with E-state index in [9.17, 15) is 0 Å². The maximum atomic E-state index is 4.21. The average Bonchev–Trinajstić information content (AvgIpc) is 2.57. The van der Waals surface area contributed by atoms with Gasteiger partial charge in [0.2, 0.25) is 0 Å². The zero-order valence-corrected chi connectivity index (χ0v) is 12.7. The lowest BCUT2D eigenvalue weighted by Gasteiger charge is -2.39. The molecule has 1 aromatic carbocycles.